The topological polar surface area (TPSA) is 80.7 Å². The average molecular weight is 421 g/mol. The molecule has 1 aromatic heterocycles. The first-order valence-corrected chi connectivity index (χ1v) is 10.5. The summed E-state index contributed by atoms with van der Waals surface area (Å²) in [5.74, 6) is -0.224. The predicted octanol–water partition coefficient (Wildman–Crippen LogP) is 5.26. The van der Waals surface area contributed by atoms with Crippen LogP contribution in [0.25, 0.3) is 22.0 Å². The van der Waals surface area contributed by atoms with E-state index in [2.05, 4.69) is 5.32 Å². The van der Waals surface area contributed by atoms with E-state index in [0.717, 1.165) is 45.6 Å². The molecule has 6 nitrogen and oxygen atoms in total. The Bertz CT molecular complexity index is 1160. The van der Waals surface area contributed by atoms with Gasteiger partial charge in [-0.15, -0.1) is 0 Å². The number of anilines is 1. The standard InChI is InChI=1S/C25H28N2O4/c1-14-16(10-11-19-22(14)26-12-13-30-19)21-17-8-6-7-9-18(17)27-15(2)20(21)23(24(28)29)31-25(3,4)5/h6-11,23,26H,12-13H2,1-5H3,(H,28,29)/t23-/m0/s1. The molecule has 1 atom stereocenters. The summed E-state index contributed by atoms with van der Waals surface area (Å²) in [5.41, 5.74) is 5.14. The summed E-state index contributed by atoms with van der Waals surface area (Å²) in [4.78, 5) is 17.1. The van der Waals surface area contributed by atoms with Crippen LogP contribution < -0.4 is 10.1 Å². The van der Waals surface area contributed by atoms with Crippen LogP contribution in [0.4, 0.5) is 5.69 Å². The first kappa shape index (κ1) is 21.1. The van der Waals surface area contributed by atoms with E-state index in [4.69, 9.17) is 14.5 Å². The molecule has 0 bridgehead atoms. The van der Waals surface area contributed by atoms with Crippen molar-refractivity contribution in [3.05, 3.63) is 53.2 Å². The fourth-order valence-electron chi connectivity index (χ4n) is 4.18. The molecule has 0 amide bonds. The number of fused-ring (bicyclic) bond motifs is 2. The van der Waals surface area contributed by atoms with E-state index in [1.807, 2.05) is 71.0 Å². The molecule has 0 radical (unpaired) electrons. The first-order chi connectivity index (χ1) is 14.7. The quantitative estimate of drug-likeness (QED) is 0.599. The number of nitrogens with zero attached hydrogens (tertiary/aromatic N) is 1. The van der Waals surface area contributed by atoms with Crippen LogP contribution in [0.3, 0.4) is 0 Å². The van der Waals surface area contributed by atoms with E-state index in [9.17, 15) is 9.90 Å². The number of aryl methyl sites for hydroxylation is 1. The SMILES string of the molecule is Cc1nc2ccccc2c(-c2ccc3c(c2C)NCCO3)c1[C@H](OC(C)(C)C)C(=O)O. The monoisotopic (exact) mass is 420 g/mol. The van der Waals surface area contributed by atoms with Gasteiger partial charge in [0.25, 0.3) is 0 Å². The van der Waals surface area contributed by atoms with Crippen LogP contribution in [0.5, 0.6) is 5.75 Å². The highest BCUT2D eigenvalue weighted by Gasteiger charge is 2.33. The van der Waals surface area contributed by atoms with Crippen LogP contribution >= 0.6 is 0 Å². The third-order valence-electron chi connectivity index (χ3n) is 5.44. The number of aliphatic carboxylic acids is 1. The number of aromatic nitrogens is 1. The van der Waals surface area contributed by atoms with Crippen LogP contribution in [0.1, 0.15) is 43.7 Å². The van der Waals surface area contributed by atoms with Gasteiger partial charge >= 0.3 is 5.97 Å². The van der Waals surface area contributed by atoms with Gasteiger partial charge in [-0.25, -0.2) is 4.79 Å². The van der Waals surface area contributed by atoms with Crippen molar-refractivity contribution in [2.75, 3.05) is 18.5 Å². The second kappa shape index (κ2) is 7.85. The van der Waals surface area contributed by atoms with Crippen molar-refractivity contribution in [1.29, 1.82) is 0 Å². The van der Waals surface area contributed by atoms with Gasteiger partial charge in [-0.1, -0.05) is 24.3 Å². The molecule has 2 N–H and O–H groups in total. The van der Waals surface area contributed by atoms with Crippen LogP contribution in [0.2, 0.25) is 0 Å². The van der Waals surface area contributed by atoms with Crippen LogP contribution in [0.15, 0.2) is 36.4 Å². The number of carbonyl (C=O) groups is 1. The minimum atomic E-state index is -1.15. The fourth-order valence-corrected chi connectivity index (χ4v) is 4.18. The third kappa shape index (κ3) is 3.95. The van der Waals surface area contributed by atoms with E-state index >= 15 is 0 Å². The number of ether oxygens (including phenoxy) is 2. The number of para-hydroxylation sites is 1. The number of nitrogens with one attached hydrogen (secondary N) is 1. The zero-order chi connectivity index (χ0) is 22.3. The minimum Gasteiger partial charge on any atom is -0.490 e. The van der Waals surface area contributed by atoms with Gasteiger partial charge in [0.1, 0.15) is 12.4 Å². The summed E-state index contributed by atoms with van der Waals surface area (Å²) in [6.45, 7) is 10.8. The molecule has 2 aromatic carbocycles. The highest BCUT2D eigenvalue weighted by atomic mass is 16.5. The lowest BCUT2D eigenvalue weighted by atomic mass is 9.88. The number of carboxylic acid groups (broad SMARTS) is 1. The largest absolute Gasteiger partial charge is 0.490 e. The van der Waals surface area contributed by atoms with Gasteiger partial charge in [0.2, 0.25) is 0 Å². The van der Waals surface area contributed by atoms with Gasteiger partial charge in [0.15, 0.2) is 6.10 Å². The van der Waals surface area contributed by atoms with Crippen LogP contribution in [-0.2, 0) is 9.53 Å². The molecule has 3 aromatic rings. The van der Waals surface area contributed by atoms with Crippen molar-refractivity contribution in [1.82, 2.24) is 4.98 Å². The maximum atomic E-state index is 12.4. The highest BCUT2D eigenvalue weighted by Crippen LogP contribution is 2.44. The average Bonchev–Trinajstić information content (AvgIpc) is 2.71. The molecule has 1 aliphatic rings. The molecule has 6 heteroatoms. The van der Waals surface area contributed by atoms with E-state index in [-0.39, 0.29) is 0 Å². The Balaban J connectivity index is 2.06. The maximum absolute atomic E-state index is 12.4. The molecule has 0 aliphatic carbocycles. The summed E-state index contributed by atoms with van der Waals surface area (Å²) < 4.78 is 11.8. The van der Waals surface area contributed by atoms with E-state index < -0.39 is 17.7 Å². The van der Waals surface area contributed by atoms with Crippen LogP contribution in [0, 0.1) is 13.8 Å². The van der Waals surface area contributed by atoms with Gasteiger partial charge in [-0.3, -0.25) is 4.98 Å². The Labute approximate surface area is 182 Å². The lowest BCUT2D eigenvalue weighted by Gasteiger charge is -2.29. The molecular formula is C25H28N2O4. The zero-order valence-electron chi connectivity index (χ0n) is 18.6. The van der Waals surface area contributed by atoms with Crippen molar-refractivity contribution in [3.8, 4) is 16.9 Å². The van der Waals surface area contributed by atoms with Crippen molar-refractivity contribution >= 4 is 22.6 Å². The molecule has 0 unspecified atom stereocenters. The molecule has 1 aliphatic heterocycles. The third-order valence-corrected chi connectivity index (χ3v) is 5.44. The smallest absolute Gasteiger partial charge is 0.337 e. The van der Waals surface area contributed by atoms with Gasteiger partial charge < -0.3 is 19.9 Å². The van der Waals surface area contributed by atoms with Gasteiger partial charge in [0, 0.05) is 23.2 Å². The minimum absolute atomic E-state index is 0.584. The zero-order valence-corrected chi connectivity index (χ0v) is 18.6. The number of hydrogen-bond acceptors (Lipinski definition) is 5. The summed E-state index contributed by atoms with van der Waals surface area (Å²) >= 11 is 0. The van der Waals surface area contributed by atoms with Crippen molar-refractivity contribution in [2.24, 2.45) is 0 Å². The molecule has 162 valence electrons. The van der Waals surface area contributed by atoms with Crippen molar-refractivity contribution < 1.29 is 19.4 Å². The second-order valence-corrected chi connectivity index (χ2v) is 8.84. The predicted molar refractivity (Wildman–Crippen MR) is 122 cm³/mol. The molecular weight excluding hydrogens is 392 g/mol. The Kier molecular flexibility index (Phi) is 5.35. The summed E-state index contributed by atoms with van der Waals surface area (Å²) in [5, 5.41) is 14.5. The first-order valence-electron chi connectivity index (χ1n) is 10.5. The Hall–Kier alpha value is -3.12. The molecule has 4 rings (SSSR count). The molecule has 31 heavy (non-hydrogen) atoms. The lowest BCUT2D eigenvalue weighted by molar-refractivity contribution is -0.160. The highest BCUT2D eigenvalue weighted by molar-refractivity contribution is 6.00. The Morgan fingerprint density at radius 2 is 1.94 bits per heavy atom. The fraction of sp³-hybridized carbons (Fsp3) is 0.360. The van der Waals surface area contributed by atoms with Gasteiger partial charge in [-0.05, 0) is 63.4 Å². The summed E-state index contributed by atoms with van der Waals surface area (Å²) in [6, 6.07) is 11.8. The second-order valence-electron chi connectivity index (χ2n) is 8.84. The molecule has 0 saturated carbocycles. The van der Waals surface area contributed by atoms with Crippen LogP contribution in [-0.4, -0.2) is 34.8 Å². The Morgan fingerprint density at radius 1 is 1.19 bits per heavy atom. The van der Waals surface area contributed by atoms with Gasteiger partial charge in [0.05, 0.1) is 16.8 Å². The molecule has 2 heterocycles. The number of pyridine rings is 1. The van der Waals surface area contributed by atoms with E-state index in [0.29, 0.717) is 17.9 Å². The normalized spacial score (nSPS) is 14.5. The molecule has 0 fully saturated rings. The van der Waals surface area contributed by atoms with E-state index in [1.54, 1.807) is 0 Å². The summed E-state index contributed by atoms with van der Waals surface area (Å²) in [6.07, 6.45) is -1.15. The molecule has 0 saturated heterocycles. The summed E-state index contributed by atoms with van der Waals surface area (Å²) in [7, 11) is 0. The molecule has 0 spiro atoms. The Morgan fingerprint density at radius 3 is 2.65 bits per heavy atom. The maximum Gasteiger partial charge on any atom is 0.337 e. The van der Waals surface area contributed by atoms with Crippen molar-refractivity contribution in [2.45, 2.75) is 46.3 Å². The number of carboxylic acids is 1. The van der Waals surface area contributed by atoms with E-state index in [1.165, 1.54) is 0 Å². The van der Waals surface area contributed by atoms with Gasteiger partial charge in [-0.2, -0.15) is 0 Å². The van der Waals surface area contributed by atoms with Crippen molar-refractivity contribution in [3.63, 3.8) is 0 Å². The number of benzene rings is 2. The number of hydrogen-bond donors (Lipinski definition) is 2. The lowest BCUT2D eigenvalue weighted by Crippen LogP contribution is -2.28. The number of rotatable bonds is 4.